The van der Waals surface area contributed by atoms with Crippen LogP contribution in [0.1, 0.15) is 28.4 Å². The minimum atomic E-state index is 0.0311. The van der Waals surface area contributed by atoms with Gasteiger partial charge in [-0.2, -0.15) is 0 Å². The SMILES string of the molecule is COc1ccc2cc(C(=O)c3ccccc3)cc(CCNC(C)=S)c2c1. The molecule has 0 saturated heterocycles. The highest BCUT2D eigenvalue weighted by atomic mass is 32.1. The number of benzene rings is 3. The van der Waals surface area contributed by atoms with Crippen LogP contribution in [0.2, 0.25) is 0 Å². The monoisotopic (exact) mass is 363 g/mol. The Labute approximate surface area is 159 Å². The highest BCUT2D eigenvalue weighted by Gasteiger charge is 2.13. The number of ketones is 1. The van der Waals surface area contributed by atoms with Gasteiger partial charge in [-0.25, -0.2) is 0 Å². The summed E-state index contributed by atoms with van der Waals surface area (Å²) in [5.41, 5.74) is 2.49. The summed E-state index contributed by atoms with van der Waals surface area (Å²) in [6.07, 6.45) is 0.771. The molecule has 0 heterocycles. The molecule has 4 heteroatoms. The molecule has 0 aliphatic heterocycles. The summed E-state index contributed by atoms with van der Waals surface area (Å²) in [6.45, 7) is 2.59. The van der Waals surface area contributed by atoms with Crippen molar-refractivity contribution in [1.29, 1.82) is 0 Å². The Morgan fingerprint density at radius 3 is 2.50 bits per heavy atom. The van der Waals surface area contributed by atoms with Crippen molar-refractivity contribution in [2.75, 3.05) is 13.7 Å². The van der Waals surface area contributed by atoms with E-state index >= 15 is 0 Å². The molecule has 0 spiro atoms. The van der Waals surface area contributed by atoms with E-state index in [4.69, 9.17) is 17.0 Å². The van der Waals surface area contributed by atoms with Crippen molar-refractivity contribution >= 4 is 33.8 Å². The number of ether oxygens (including phenoxy) is 1. The van der Waals surface area contributed by atoms with Crippen LogP contribution in [0.15, 0.2) is 60.7 Å². The molecule has 1 N–H and O–H groups in total. The smallest absolute Gasteiger partial charge is 0.193 e. The molecule has 3 nitrogen and oxygen atoms in total. The van der Waals surface area contributed by atoms with E-state index in [0.717, 1.165) is 40.0 Å². The second-order valence-corrected chi connectivity index (χ2v) is 6.76. The van der Waals surface area contributed by atoms with Gasteiger partial charge in [0.2, 0.25) is 0 Å². The van der Waals surface area contributed by atoms with Crippen LogP contribution in [-0.4, -0.2) is 24.4 Å². The van der Waals surface area contributed by atoms with E-state index in [2.05, 4.69) is 5.32 Å². The van der Waals surface area contributed by atoms with Gasteiger partial charge >= 0.3 is 0 Å². The quantitative estimate of drug-likeness (QED) is 0.515. The Bertz CT molecular complexity index is 951. The predicted molar refractivity (Wildman–Crippen MR) is 110 cm³/mol. The zero-order chi connectivity index (χ0) is 18.5. The number of methoxy groups -OCH3 is 1. The molecule has 3 aromatic carbocycles. The molecule has 0 aliphatic rings. The second-order valence-electron chi connectivity index (χ2n) is 6.15. The van der Waals surface area contributed by atoms with Crippen molar-refractivity contribution in [3.05, 3.63) is 77.4 Å². The van der Waals surface area contributed by atoms with Crippen LogP contribution in [0.5, 0.6) is 5.75 Å². The van der Waals surface area contributed by atoms with Crippen LogP contribution in [0, 0.1) is 0 Å². The van der Waals surface area contributed by atoms with Crippen molar-refractivity contribution in [3.8, 4) is 5.75 Å². The van der Waals surface area contributed by atoms with Crippen LogP contribution in [0.4, 0.5) is 0 Å². The van der Waals surface area contributed by atoms with Gasteiger partial charge in [-0.05, 0) is 53.9 Å². The molecule has 0 saturated carbocycles. The minimum absolute atomic E-state index is 0.0311. The number of nitrogens with one attached hydrogen (secondary N) is 1. The Hall–Kier alpha value is -2.72. The number of carbonyl (C=O) groups excluding carboxylic acids is 1. The van der Waals surface area contributed by atoms with E-state index in [-0.39, 0.29) is 5.78 Å². The zero-order valence-electron chi connectivity index (χ0n) is 14.9. The van der Waals surface area contributed by atoms with Gasteiger partial charge in [-0.3, -0.25) is 4.79 Å². The number of hydrogen-bond acceptors (Lipinski definition) is 3. The third-order valence-electron chi connectivity index (χ3n) is 4.31. The van der Waals surface area contributed by atoms with Gasteiger partial charge in [0.05, 0.1) is 12.1 Å². The molecule has 0 radical (unpaired) electrons. The van der Waals surface area contributed by atoms with Crippen LogP contribution in [0.25, 0.3) is 10.8 Å². The van der Waals surface area contributed by atoms with Gasteiger partial charge in [0.15, 0.2) is 5.78 Å². The third-order valence-corrected chi connectivity index (χ3v) is 4.46. The van der Waals surface area contributed by atoms with E-state index in [1.807, 2.05) is 67.6 Å². The maximum absolute atomic E-state index is 12.9. The summed E-state index contributed by atoms with van der Waals surface area (Å²) in [4.78, 5) is 13.7. The first-order chi connectivity index (χ1) is 12.6. The van der Waals surface area contributed by atoms with Gasteiger partial charge in [0.25, 0.3) is 0 Å². The van der Waals surface area contributed by atoms with Crippen molar-refractivity contribution in [2.24, 2.45) is 0 Å². The predicted octanol–water partition coefficient (Wildman–Crippen LogP) is 4.56. The average Bonchev–Trinajstić information content (AvgIpc) is 2.67. The van der Waals surface area contributed by atoms with Crippen molar-refractivity contribution in [1.82, 2.24) is 5.32 Å². The highest BCUT2D eigenvalue weighted by Crippen LogP contribution is 2.27. The molecule has 3 aromatic rings. The topological polar surface area (TPSA) is 38.3 Å². The lowest BCUT2D eigenvalue weighted by Gasteiger charge is -2.12. The maximum Gasteiger partial charge on any atom is 0.193 e. The first-order valence-corrected chi connectivity index (χ1v) is 8.94. The fraction of sp³-hybridized carbons (Fsp3) is 0.182. The maximum atomic E-state index is 12.9. The standard InChI is InChI=1S/C22H21NO2S/c1-15(26)23-11-10-18-13-19(22(24)16-6-4-3-5-7-16)12-17-8-9-20(25-2)14-21(17)18/h3-9,12-14H,10-11H2,1-2H3,(H,23,26). The van der Waals surface area contributed by atoms with E-state index in [1.54, 1.807) is 7.11 Å². The fourth-order valence-electron chi connectivity index (χ4n) is 3.01. The van der Waals surface area contributed by atoms with E-state index in [0.29, 0.717) is 11.1 Å². The molecular weight excluding hydrogens is 342 g/mol. The van der Waals surface area contributed by atoms with Gasteiger partial charge in [-0.15, -0.1) is 0 Å². The van der Waals surface area contributed by atoms with Gasteiger partial charge in [-0.1, -0.05) is 48.6 Å². The summed E-state index contributed by atoms with van der Waals surface area (Å²) in [5, 5.41) is 5.31. The molecule has 0 amide bonds. The Kier molecular flexibility index (Phi) is 5.64. The van der Waals surface area contributed by atoms with Gasteiger partial charge < -0.3 is 10.1 Å². The number of fused-ring (bicyclic) bond motifs is 1. The first-order valence-electron chi connectivity index (χ1n) is 8.53. The molecule has 0 unspecified atom stereocenters. The van der Waals surface area contributed by atoms with Gasteiger partial charge in [0.1, 0.15) is 5.75 Å². The van der Waals surface area contributed by atoms with Crippen LogP contribution in [-0.2, 0) is 6.42 Å². The molecule has 0 bridgehead atoms. The zero-order valence-corrected chi connectivity index (χ0v) is 15.7. The first kappa shape index (κ1) is 18.1. The second kappa shape index (κ2) is 8.11. The molecule has 26 heavy (non-hydrogen) atoms. The number of carbonyl (C=O) groups is 1. The molecule has 0 aliphatic carbocycles. The minimum Gasteiger partial charge on any atom is -0.497 e. The summed E-state index contributed by atoms with van der Waals surface area (Å²) in [5.74, 6) is 0.836. The third kappa shape index (κ3) is 4.09. The average molecular weight is 363 g/mol. The summed E-state index contributed by atoms with van der Waals surface area (Å²) >= 11 is 5.09. The van der Waals surface area contributed by atoms with Crippen LogP contribution >= 0.6 is 12.2 Å². The molecule has 0 aromatic heterocycles. The van der Waals surface area contributed by atoms with Crippen molar-refractivity contribution < 1.29 is 9.53 Å². The summed E-state index contributed by atoms with van der Waals surface area (Å²) in [7, 11) is 1.66. The number of hydrogen-bond donors (Lipinski definition) is 1. The van der Waals surface area contributed by atoms with Crippen LogP contribution in [0.3, 0.4) is 0 Å². The van der Waals surface area contributed by atoms with E-state index < -0.39 is 0 Å². The lowest BCUT2D eigenvalue weighted by Crippen LogP contribution is -2.21. The van der Waals surface area contributed by atoms with Crippen LogP contribution < -0.4 is 10.1 Å². The molecular formula is C22H21NO2S. The number of rotatable bonds is 6. The summed E-state index contributed by atoms with van der Waals surface area (Å²) in [6, 6.07) is 19.2. The Morgan fingerprint density at radius 1 is 1.04 bits per heavy atom. The normalized spacial score (nSPS) is 10.5. The molecule has 0 fully saturated rings. The van der Waals surface area contributed by atoms with Crippen molar-refractivity contribution in [3.63, 3.8) is 0 Å². The summed E-state index contributed by atoms with van der Waals surface area (Å²) < 4.78 is 5.36. The lowest BCUT2D eigenvalue weighted by atomic mass is 9.94. The largest absolute Gasteiger partial charge is 0.497 e. The Balaban J connectivity index is 2.04. The molecule has 132 valence electrons. The van der Waals surface area contributed by atoms with E-state index in [9.17, 15) is 4.79 Å². The molecule has 3 rings (SSSR count). The molecule has 0 atom stereocenters. The van der Waals surface area contributed by atoms with E-state index in [1.165, 1.54) is 0 Å². The fourth-order valence-corrected chi connectivity index (χ4v) is 3.11. The Morgan fingerprint density at radius 2 is 1.81 bits per heavy atom. The van der Waals surface area contributed by atoms with Crippen molar-refractivity contribution in [2.45, 2.75) is 13.3 Å². The highest BCUT2D eigenvalue weighted by molar-refractivity contribution is 7.80. The number of thiocarbonyl (C=S) groups is 1. The lowest BCUT2D eigenvalue weighted by molar-refractivity contribution is 0.103. The van der Waals surface area contributed by atoms with Gasteiger partial charge in [0, 0.05) is 17.7 Å².